The molecule has 0 radical (unpaired) electrons. The molecule has 86 valence electrons. The molecule has 1 saturated heterocycles. The Kier molecular flexibility index (Phi) is 3.20. The first-order valence-electron chi connectivity index (χ1n) is 4.76. The van der Waals surface area contributed by atoms with Crippen LogP contribution in [0, 0.1) is 0 Å². The maximum absolute atomic E-state index is 11.5. The van der Waals surface area contributed by atoms with E-state index < -0.39 is 12.0 Å². The van der Waals surface area contributed by atoms with Crippen molar-refractivity contribution in [3.05, 3.63) is 22.4 Å². The first kappa shape index (κ1) is 11.5. The fourth-order valence-corrected chi connectivity index (χ4v) is 4.16. The highest BCUT2D eigenvalue weighted by atomic mass is 32.2. The first-order valence-corrected chi connectivity index (χ1v) is 6.69. The van der Waals surface area contributed by atoms with Gasteiger partial charge in [-0.05, 0) is 11.4 Å². The van der Waals surface area contributed by atoms with Gasteiger partial charge in [0.15, 0.2) is 0 Å². The highest BCUT2D eigenvalue weighted by Crippen LogP contribution is 2.42. The average molecular weight is 256 g/mol. The quantitative estimate of drug-likeness (QED) is 0.771. The summed E-state index contributed by atoms with van der Waals surface area (Å²) in [6, 6.07) is 3.00. The Balaban J connectivity index is 2.28. The molecule has 0 saturated carbocycles. The van der Waals surface area contributed by atoms with E-state index in [4.69, 9.17) is 0 Å². The van der Waals surface area contributed by atoms with Gasteiger partial charge in [-0.15, -0.1) is 23.1 Å². The normalized spacial score (nSPS) is 24.7. The molecule has 4 nitrogen and oxygen atoms in total. The van der Waals surface area contributed by atoms with E-state index in [9.17, 15) is 14.7 Å². The van der Waals surface area contributed by atoms with Gasteiger partial charge in [0.2, 0.25) is 5.91 Å². The van der Waals surface area contributed by atoms with Gasteiger partial charge in [-0.1, -0.05) is 6.07 Å². The van der Waals surface area contributed by atoms with Gasteiger partial charge in [0, 0.05) is 17.6 Å². The number of nitrogens with zero attached hydrogens (tertiary/aromatic N) is 1. The largest absolute Gasteiger partial charge is 0.548 e. The summed E-state index contributed by atoms with van der Waals surface area (Å²) in [7, 11) is 0. The molecular weight excluding hydrogens is 246 g/mol. The summed E-state index contributed by atoms with van der Waals surface area (Å²) < 4.78 is 0. The minimum absolute atomic E-state index is 0.180. The number of carboxylic acids is 1. The summed E-state index contributed by atoms with van der Waals surface area (Å²) in [5, 5.41) is 12.7. The minimum Gasteiger partial charge on any atom is -0.548 e. The molecule has 2 atom stereocenters. The number of carboxylic acid groups (broad SMARTS) is 1. The van der Waals surface area contributed by atoms with Crippen molar-refractivity contribution in [2.24, 2.45) is 0 Å². The Morgan fingerprint density at radius 2 is 2.31 bits per heavy atom. The van der Waals surface area contributed by atoms with Crippen LogP contribution >= 0.6 is 23.1 Å². The Hall–Kier alpha value is -1.01. The summed E-state index contributed by atoms with van der Waals surface area (Å²) in [6.07, 6.45) is 0. The Morgan fingerprint density at radius 3 is 2.81 bits per heavy atom. The number of amides is 1. The van der Waals surface area contributed by atoms with E-state index in [2.05, 4.69) is 0 Å². The molecule has 1 aliphatic rings. The van der Waals surface area contributed by atoms with Crippen molar-refractivity contribution >= 4 is 35.0 Å². The molecule has 0 unspecified atom stereocenters. The van der Waals surface area contributed by atoms with Crippen LogP contribution in [0.5, 0.6) is 0 Å². The second-order valence-electron chi connectivity index (χ2n) is 3.46. The van der Waals surface area contributed by atoms with E-state index in [1.54, 1.807) is 0 Å². The molecule has 16 heavy (non-hydrogen) atoms. The van der Waals surface area contributed by atoms with E-state index in [0.29, 0.717) is 5.75 Å². The first-order chi connectivity index (χ1) is 7.61. The van der Waals surface area contributed by atoms with Crippen LogP contribution in [0.15, 0.2) is 17.5 Å². The minimum atomic E-state index is -1.18. The fourth-order valence-electron chi connectivity index (χ4n) is 1.72. The van der Waals surface area contributed by atoms with Crippen LogP contribution in [0.1, 0.15) is 17.2 Å². The van der Waals surface area contributed by atoms with E-state index >= 15 is 0 Å². The van der Waals surface area contributed by atoms with Crippen molar-refractivity contribution in [3.63, 3.8) is 0 Å². The molecule has 0 spiro atoms. The molecule has 2 rings (SSSR count). The number of rotatable bonds is 2. The zero-order chi connectivity index (χ0) is 11.7. The summed E-state index contributed by atoms with van der Waals surface area (Å²) in [4.78, 5) is 24.8. The van der Waals surface area contributed by atoms with Gasteiger partial charge in [-0.2, -0.15) is 0 Å². The molecule has 1 amide bonds. The lowest BCUT2D eigenvalue weighted by Gasteiger charge is -2.28. The zero-order valence-corrected chi connectivity index (χ0v) is 10.2. The van der Waals surface area contributed by atoms with Gasteiger partial charge in [0.05, 0.1) is 12.0 Å². The number of aliphatic carboxylic acids is 1. The Bertz CT molecular complexity index is 404. The lowest BCUT2D eigenvalue weighted by molar-refractivity contribution is -0.310. The van der Waals surface area contributed by atoms with Crippen LogP contribution in [0.25, 0.3) is 0 Å². The maximum atomic E-state index is 11.5. The van der Waals surface area contributed by atoms with Gasteiger partial charge in [-0.3, -0.25) is 4.79 Å². The van der Waals surface area contributed by atoms with Crippen LogP contribution < -0.4 is 5.11 Å². The second kappa shape index (κ2) is 4.47. The fraction of sp³-hybridized carbons (Fsp3) is 0.400. The smallest absolute Gasteiger partial charge is 0.221 e. The number of hydrogen-bond acceptors (Lipinski definition) is 5. The Morgan fingerprint density at radius 1 is 1.56 bits per heavy atom. The van der Waals surface area contributed by atoms with E-state index in [1.807, 2.05) is 17.5 Å². The van der Waals surface area contributed by atoms with E-state index in [-0.39, 0.29) is 11.3 Å². The predicted octanol–water partition coefficient (Wildman–Crippen LogP) is 0.461. The number of carbonyl (C=O) groups is 2. The molecule has 1 aromatic heterocycles. The average Bonchev–Trinajstić information content (AvgIpc) is 2.85. The zero-order valence-electron chi connectivity index (χ0n) is 8.58. The van der Waals surface area contributed by atoms with Crippen molar-refractivity contribution in [3.8, 4) is 0 Å². The number of hydrogen-bond donors (Lipinski definition) is 0. The van der Waals surface area contributed by atoms with Crippen molar-refractivity contribution in [2.75, 3.05) is 5.75 Å². The summed E-state index contributed by atoms with van der Waals surface area (Å²) in [5.74, 6) is -1.01. The van der Waals surface area contributed by atoms with Crippen molar-refractivity contribution in [2.45, 2.75) is 18.3 Å². The third kappa shape index (κ3) is 1.94. The molecule has 0 N–H and O–H groups in total. The topological polar surface area (TPSA) is 60.4 Å². The highest BCUT2D eigenvalue weighted by Gasteiger charge is 2.37. The number of thioether (sulfide) groups is 1. The van der Waals surface area contributed by atoms with Crippen LogP contribution in [0.4, 0.5) is 0 Å². The number of carbonyl (C=O) groups excluding carboxylic acids is 2. The monoisotopic (exact) mass is 256 g/mol. The molecule has 0 bridgehead atoms. The molecule has 1 aliphatic heterocycles. The van der Waals surface area contributed by atoms with Crippen LogP contribution in [-0.2, 0) is 9.59 Å². The van der Waals surface area contributed by atoms with E-state index in [0.717, 1.165) is 4.88 Å². The van der Waals surface area contributed by atoms with Gasteiger partial charge >= 0.3 is 0 Å². The molecular formula is C10H10NO3S2-. The Labute approximate surface area is 101 Å². The van der Waals surface area contributed by atoms with Gasteiger partial charge in [0.1, 0.15) is 5.37 Å². The molecule has 0 aliphatic carbocycles. The molecule has 1 aromatic rings. The van der Waals surface area contributed by atoms with Crippen LogP contribution in [-0.4, -0.2) is 28.6 Å². The molecule has 0 aromatic carbocycles. The van der Waals surface area contributed by atoms with Gasteiger partial charge in [-0.25, -0.2) is 0 Å². The lowest BCUT2D eigenvalue weighted by atomic mass is 10.2. The summed E-state index contributed by atoms with van der Waals surface area (Å²) >= 11 is 2.99. The van der Waals surface area contributed by atoms with Gasteiger partial charge in [0.25, 0.3) is 0 Å². The van der Waals surface area contributed by atoms with Crippen LogP contribution in [0.3, 0.4) is 0 Å². The number of thiophene rings is 1. The molecule has 2 heterocycles. The standard InChI is InChI=1S/C10H11NO3S2/c1-6(12)11-7(10(13)14)5-16-9(11)8-3-2-4-15-8/h2-4,7,9H,5H2,1H3,(H,13,14)/p-1/t7-,9-/m0/s1. The summed E-state index contributed by atoms with van der Waals surface area (Å²) in [6.45, 7) is 1.39. The van der Waals surface area contributed by atoms with Crippen molar-refractivity contribution in [1.82, 2.24) is 4.90 Å². The third-order valence-corrected chi connectivity index (χ3v) is 4.80. The van der Waals surface area contributed by atoms with E-state index in [1.165, 1.54) is 34.9 Å². The maximum Gasteiger partial charge on any atom is 0.221 e. The van der Waals surface area contributed by atoms with Gasteiger partial charge < -0.3 is 14.8 Å². The third-order valence-electron chi connectivity index (χ3n) is 2.42. The summed E-state index contributed by atoms with van der Waals surface area (Å²) in [5.41, 5.74) is 0. The molecule has 1 fully saturated rings. The highest BCUT2D eigenvalue weighted by molar-refractivity contribution is 7.99. The predicted molar refractivity (Wildman–Crippen MR) is 60.8 cm³/mol. The van der Waals surface area contributed by atoms with Crippen LogP contribution in [0.2, 0.25) is 0 Å². The second-order valence-corrected chi connectivity index (χ2v) is 5.55. The van der Waals surface area contributed by atoms with Crippen molar-refractivity contribution < 1.29 is 14.7 Å². The van der Waals surface area contributed by atoms with Crippen molar-refractivity contribution in [1.29, 1.82) is 0 Å². The lowest BCUT2D eigenvalue weighted by Crippen LogP contribution is -2.48. The SMILES string of the molecule is CC(=O)N1[C@H](C(=O)[O-])CS[C@H]1c1cccs1. The molecule has 6 heteroatoms.